The number of alkyl carbamates (subject to hydrolysis) is 1. The molecular formula is C15H20ClNO3. The first kappa shape index (κ1) is 16.5. The van der Waals surface area contributed by atoms with Gasteiger partial charge in [0.25, 0.3) is 0 Å². The molecule has 0 aliphatic heterocycles. The second kappa shape index (κ2) is 7.29. The molecule has 4 nitrogen and oxygen atoms in total. The first-order chi connectivity index (χ1) is 9.30. The summed E-state index contributed by atoms with van der Waals surface area (Å²) in [6, 6.07) is 6.86. The number of halogens is 1. The number of carbonyl (C=O) groups is 2. The van der Waals surface area contributed by atoms with Gasteiger partial charge in [0.15, 0.2) is 0 Å². The van der Waals surface area contributed by atoms with Crippen LogP contribution >= 0.6 is 11.6 Å². The number of benzene rings is 1. The summed E-state index contributed by atoms with van der Waals surface area (Å²) in [5, 5.41) is 3.20. The van der Waals surface area contributed by atoms with Crippen LogP contribution in [0.2, 0.25) is 5.02 Å². The summed E-state index contributed by atoms with van der Waals surface area (Å²) in [4.78, 5) is 22.6. The van der Waals surface area contributed by atoms with Gasteiger partial charge in [-0.05, 0) is 51.3 Å². The van der Waals surface area contributed by atoms with Crippen molar-refractivity contribution in [3.8, 4) is 0 Å². The molecule has 0 bridgehead atoms. The second-order valence-corrected chi connectivity index (χ2v) is 5.99. The van der Waals surface area contributed by atoms with E-state index in [0.717, 1.165) is 5.56 Å². The van der Waals surface area contributed by atoms with Gasteiger partial charge in [-0.3, -0.25) is 0 Å². The van der Waals surface area contributed by atoms with Crippen LogP contribution in [0.1, 0.15) is 32.8 Å². The lowest BCUT2D eigenvalue weighted by Crippen LogP contribution is -2.40. The molecule has 0 spiro atoms. The van der Waals surface area contributed by atoms with Gasteiger partial charge in [-0.1, -0.05) is 23.7 Å². The van der Waals surface area contributed by atoms with E-state index in [1.54, 1.807) is 26.8 Å². The average Bonchev–Trinajstić information content (AvgIpc) is 2.32. The van der Waals surface area contributed by atoms with E-state index in [1.807, 2.05) is 18.2 Å². The molecule has 0 radical (unpaired) electrons. The minimum absolute atomic E-state index is 0.503. The van der Waals surface area contributed by atoms with Crippen molar-refractivity contribution in [2.45, 2.75) is 45.3 Å². The molecule has 110 valence electrons. The lowest BCUT2D eigenvalue weighted by molar-refractivity contribution is -0.109. The second-order valence-electron chi connectivity index (χ2n) is 5.56. The maximum absolute atomic E-state index is 11.6. The fourth-order valence-electron chi connectivity index (χ4n) is 1.65. The third kappa shape index (κ3) is 6.57. The van der Waals surface area contributed by atoms with Gasteiger partial charge >= 0.3 is 6.09 Å². The standard InChI is InChI=1S/C15H20ClNO3/c1-15(2,3)20-14(19)17-13(10-18)8-7-11-5-4-6-12(16)9-11/h4-6,9-10,13H,7-8H2,1-3H3,(H,17,19). The molecule has 1 rings (SSSR count). The highest BCUT2D eigenvalue weighted by Crippen LogP contribution is 2.13. The smallest absolute Gasteiger partial charge is 0.408 e. The van der Waals surface area contributed by atoms with E-state index in [1.165, 1.54) is 0 Å². The Morgan fingerprint density at radius 2 is 2.15 bits per heavy atom. The Morgan fingerprint density at radius 1 is 1.45 bits per heavy atom. The number of aldehydes is 1. The predicted octanol–water partition coefficient (Wildman–Crippen LogP) is 3.36. The highest BCUT2D eigenvalue weighted by atomic mass is 35.5. The number of ether oxygens (including phenoxy) is 1. The number of amides is 1. The zero-order chi connectivity index (χ0) is 15.2. The van der Waals surface area contributed by atoms with E-state index in [4.69, 9.17) is 16.3 Å². The summed E-state index contributed by atoms with van der Waals surface area (Å²) < 4.78 is 5.11. The van der Waals surface area contributed by atoms with Crippen LogP contribution in [-0.4, -0.2) is 24.0 Å². The molecule has 1 atom stereocenters. The summed E-state index contributed by atoms with van der Waals surface area (Å²) >= 11 is 5.89. The topological polar surface area (TPSA) is 55.4 Å². The molecule has 0 heterocycles. The third-order valence-electron chi connectivity index (χ3n) is 2.50. The molecule has 1 aromatic carbocycles. The van der Waals surface area contributed by atoms with Crippen molar-refractivity contribution in [3.63, 3.8) is 0 Å². The van der Waals surface area contributed by atoms with E-state index < -0.39 is 17.7 Å². The molecule has 0 aromatic heterocycles. The van der Waals surface area contributed by atoms with Crippen molar-refractivity contribution in [2.75, 3.05) is 0 Å². The zero-order valence-corrected chi connectivity index (χ0v) is 12.7. The van der Waals surface area contributed by atoms with Gasteiger partial charge in [0.2, 0.25) is 0 Å². The Balaban J connectivity index is 2.47. The fourth-order valence-corrected chi connectivity index (χ4v) is 1.86. The average molecular weight is 298 g/mol. The normalized spacial score (nSPS) is 12.6. The van der Waals surface area contributed by atoms with Crippen LogP contribution in [0.5, 0.6) is 0 Å². The van der Waals surface area contributed by atoms with E-state index in [-0.39, 0.29) is 0 Å². The van der Waals surface area contributed by atoms with Crippen LogP contribution in [0, 0.1) is 0 Å². The van der Waals surface area contributed by atoms with Crippen LogP contribution in [0.3, 0.4) is 0 Å². The summed E-state index contributed by atoms with van der Waals surface area (Å²) in [6.45, 7) is 5.32. The van der Waals surface area contributed by atoms with Crippen LogP contribution in [0.15, 0.2) is 24.3 Å². The quantitative estimate of drug-likeness (QED) is 0.848. The summed E-state index contributed by atoms with van der Waals surface area (Å²) in [5.41, 5.74) is 0.445. The highest BCUT2D eigenvalue weighted by molar-refractivity contribution is 6.30. The Hall–Kier alpha value is -1.55. The molecular weight excluding hydrogens is 278 g/mol. The Morgan fingerprint density at radius 3 is 2.70 bits per heavy atom. The summed E-state index contributed by atoms with van der Waals surface area (Å²) in [7, 11) is 0. The van der Waals surface area contributed by atoms with E-state index >= 15 is 0 Å². The molecule has 0 aliphatic rings. The van der Waals surface area contributed by atoms with E-state index in [9.17, 15) is 9.59 Å². The van der Waals surface area contributed by atoms with Crippen molar-refractivity contribution in [2.24, 2.45) is 0 Å². The molecule has 20 heavy (non-hydrogen) atoms. The fraction of sp³-hybridized carbons (Fsp3) is 0.467. The first-order valence-corrected chi connectivity index (χ1v) is 6.87. The Labute approximate surface area is 124 Å². The summed E-state index contributed by atoms with van der Waals surface area (Å²) in [5.74, 6) is 0. The van der Waals surface area contributed by atoms with Gasteiger partial charge in [0.05, 0.1) is 6.04 Å². The molecule has 0 saturated heterocycles. The van der Waals surface area contributed by atoms with Crippen LogP contribution in [-0.2, 0) is 16.0 Å². The lowest BCUT2D eigenvalue weighted by atomic mass is 10.1. The van der Waals surface area contributed by atoms with Crippen molar-refractivity contribution in [1.29, 1.82) is 0 Å². The predicted molar refractivity (Wildman–Crippen MR) is 79.0 cm³/mol. The minimum atomic E-state index is -0.583. The Kier molecular flexibility index (Phi) is 6.02. The SMILES string of the molecule is CC(C)(C)OC(=O)NC(C=O)CCc1cccc(Cl)c1. The largest absolute Gasteiger partial charge is 0.444 e. The molecule has 0 aliphatic carbocycles. The van der Waals surface area contributed by atoms with Crippen molar-refractivity contribution >= 4 is 24.0 Å². The maximum atomic E-state index is 11.6. The van der Waals surface area contributed by atoms with Crippen LogP contribution < -0.4 is 5.32 Å². The van der Waals surface area contributed by atoms with Gasteiger partial charge in [-0.15, -0.1) is 0 Å². The van der Waals surface area contributed by atoms with Crippen LogP contribution in [0.4, 0.5) is 4.79 Å². The number of hydrogen-bond acceptors (Lipinski definition) is 3. The maximum Gasteiger partial charge on any atom is 0.408 e. The van der Waals surface area contributed by atoms with Gasteiger partial charge in [-0.25, -0.2) is 4.79 Å². The third-order valence-corrected chi connectivity index (χ3v) is 2.73. The van der Waals surface area contributed by atoms with E-state index in [2.05, 4.69) is 5.32 Å². The molecule has 1 N–H and O–H groups in total. The highest BCUT2D eigenvalue weighted by Gasteiger charge is 2.19. The van der Waals surface area contributed by atoms with Crippen molar-refractivity contribution < 1.29 is 14.3 Å². The molecule has 1 amide bonds. The molecule has 0 saturated carbocycles. The van der Waals surface area contributed by atoms with Gasteiger partial charge in [0.1, 0.15) is 11.9 Å². The number of nitrogens with one attached hydrogen (secondary N) is 1. The van der Waals surface area contributed by atoms with Gasteiger partial charge in [-0.2, -0.15) is 0 Å². The van der Waals surface area contributed by atoms with Crippen molar-refractivity contribution in [1.82, 2.24) is 5.32 Å². The zero-order valence-electron chi connectivity index (χ0n) is 12.0. The van der Waals surface area contributed by atoms with Gasteiger partial charge in [0, 0.05) is 5.02 Å². The number of aryl methyl sites for hydroxylation is 1. The Bertz CT molecular complexity index is 468. The lowest BCUT2D eigenvalue weighted by Gasteiger charge is -2.21. The van der Waals surface area contributed by atoms with Crippen LogP contribution in [0.25, 0.3) is 0 Å². The molecule has 1 unspecified atom stereocenters. The number of carbonyl (C=O) groups excluding carboxylic acids is 2. The number of rotatable bonds is 5. The van der Waals surface area contributed by atoms with E-state index in [0.29, 0.717) is 24.2 Å². The van der Waals surface area contributed by atoms with Crippen molar-refractivity contribution in [3.05, 3.63) is 34.9 Å². The monoisotopic (exact) mass is 297 g/mol. The molecule has 5 heteroatoms. The molecule has 1 aromatic rings. The minimum Gasteiger partial charge on any atom is -0.444 e. The summed E-state index contributed by atoms with van der Waals surface area (Å²) in [6.07, 6.45) is 1.29. The van der Waals surface area contributed by atoms with Gasteiger partial charge < -0.3 is 14.8 Å². The first-order valence-electron chi connectivity index (χ1n) is 6.49. The molecule has 0 fully saturated rings. The number of hydrogen-bond donors (Lipinski definition) is 1.